The Kier molecular flexibility index (Phi) is 6.41. The largest absolute Gasteiger partial charge is 0.384 e. The number of carbonyl (C=O) groups is 1. The van der Waals surface area contributed by atoms with E-state index in [0.717, 1.165) is 15.8 Å². The topological polar surface area (TPSA) is 93.6 Å². The van der Waals surface area contributed by atoms with E-state index in [-0.39, 0.29) is 30.3 Å². The Morgan fingerprint density at radius 3 is 2.24 bits per heavy atom. The number of nitrogen functional groups attached to an aromatic ring is 1. The molecular formula is C24H26FN5O3. The molecule has 1 aliphatic rings. The highest BCUT2D eigenvalue weighted by Crippen LogP contribution is 2.17. The van der Waals surface area contributed by atoms with Gasteiger partial charge < -0.3 is 10.6 Å². The zero-order valence-corrected chi connectivity index (χ0v) is 18.4. The summed E-state index contributed by atoms with van der Waals surface area (Å²) >= 11 is 0. The molecule has 8 nitrogen and oxygen atoms in total. The minimum atomic E-state index is -0.684. The van der Waals surface area contributed by atoms with Crippen LogP contribution in [0.4, 0.5) is 15.9 Å². The Balaban J connectivity index is 1.51. The molecule has 172 valence electrons. The van der Waals surface area contributed by atoms with Crippen molar-refractivity contribution in [2.24, 2.45) is 7.05 Å². The lowest BCUT2D eigenvalue weighted by Gasteiger charge is -2.35. The van der Waals surface area contributed by atoms with Crippen molar-refractivity contribution in [3.63, 3.8) is 0 Å². The van der Waals surface area contributed by atoms with Crippen molar-refractivity contribution in [3.05, 3.63) is 92.4 Å². The summed E-state index contributed by atoms with van der Waals surface area (Å²) in [5, 5.41) is 0. The van der Waals surface area contributed by atoms with Crippen molar-refractivity contribution in [2.75, 3.05) is 43.4 Å². The molecule has 1 saturated heterocycles. The summed E-state index contributed by atoms with van der Waals surface area (Å²) in [7, 11) is 1.35. The molecule has 4 rings (SSSR count). The smallest absolute Gasteiger partial charge is 0.332 e. The number of nitrogens with zero attached hydrogens (tertiary/aromatic N) is 4. The summed E-state index contributed by atoms with van der Waals surface area (Å²) in [6.45, 7) is 2.73. The number of hydrogen-bond donors (Lipinski definition) is 1. The number of ketones is 1. The Morgan fingerprint density at radius 1 is 0.970 bits per heavy atom. The molecule has 0 aliphatic carbocycles. The van der Waals surface area contributed by atoms with Gasteiger partial charge in [-0.1, -0.05) is 30.3 Å². The van der Waals surface area contributed by atoms with Crippen LogP contribution in [0.5, 0.6) is 0 Å². The number of rotatable bonds is 6. The number of Topliss-reactive ketones (excluding diaryl/α,β-unsaturated/α-hetero) is 1. The van der Waals surface area contributed by atoms with Gasteiger partial charge in [0.25, 0.3) is 5.56 Å². The molecule has 2 heterocycles. The van der Waals surface area contributed by atoms with E-state index in [4.69, 9.17) is 5.73 Å². The van der Waals surface area contributed by atoms with Gasteiger partial charge in [-0.2, -0.15) is 0 Å². The lowest BCUT2D eigenvalue weighted by molar-refractivity contribution is 0.0924. The lowest BCUT2D eigenvalue weighted by Crippen LogP contribution is -2.49. The summed E-state index contributed by atoms with van der Waals surface area (Å²) in [5.41, 5.74) is 6.54. The number of halogens is 1. The maximum absolute atomic E-state index is 13.2. The molecule has 1 aromatic heterocycles. The van der Waals surface area contributed by atoms with Gasteiger partial charge in [-0.05, 0) is 29.8 Å². The Hall–Kier alpha value is -3.72. The fourth-order valence-corrected chi connectivity index (χ4v) is 4.06. The van der Waals surface area contributed by atoms with Gasteiger partial charge in [-0.3, -0.25) is 23.6 Å². The highest BCUT2D eigenvalue weighted by molar-refractivity contribution is 6.01. The first kappa shape index (κ1) is 22.5. The number of hydrogen-bond acceptors (Lipinski definition) is 6. The van der Waals surface area contributed by atoms with E-state index in [0.29, 0.717) is 26.2 Å². The van der Waals surface area contributed by atoms with Crippen molar-refractivity contribution in [1.29, 1.82) is 0 Å². The second-order valence-electron chi connectivity index (χ2n) is 8.14. The van der Waals surface area contributed by atoms with Crippen LogP contribution in [-0.2, 0) is 13.6 Å². The summed E-state index contributed by atoms with van der Waals surface area (Å²) in [5.74, 6) is -0.803. The molecule has 0 radical (unpaired) electrons. The Labute approximate surface area is 190 Å². The van der Waals surface area contributed by atoms with Crippen LogP contribution in [0.15, 0.2) is 64.2 Å². The third kappa shape index (κ3) is 4.73. The van der Waals surface area contributed by atoms with E-state index in [9.17, 15) is 18.8 Å². The third-order valence-electron chi connectivity index (χ3n) is 5.98. The van der Waals surface area contributed by atoms with Crippen molar-refractivity contribution in [1.82, 2.24) is 14.0 Å². The molecule has 0 amide bonds. The van der Waals surface area contributed by atoms with E-state index in [1.54, 1.807) is 12.1 Å². The predicted molar refractivity (Wildman–Crippen MR) is 125 cm³/mol. The van der Waals surface area contributed by atoms with Crippen LogP contribution in [0.25, 0.3) is 0 Å². The molecule has 0 saturated carbocycles. The molecule has 2 N–H and O–H groups in total. The molecule has 0 spiro atoms. The average molecular weight is 452 g/mol. The van der Waals surface area contributed by atoms with Crippen LogP contribution in [0.2, 0.25) is 0 Å². The van der Waals surface area contributed by atoms with Crippen LogP contribution in [0.3, 0.4) is 0 Å². The second kappa shape index (κ2) is 9.41. The van der Waals surface area contributed by atoms with Gasteiger partial charge in [-0.25, -0.2) is 9.18 Å². The molecule has 3 aromatic rings. The normalized spacial score (nSPS) is 14.4. The molecular weight excluding hydrogens is 425 g/mol. The van der Waals surface area contributed by atoms with E-state index in [1.165, 1.54) is 23.7 Å². The Bertz CT molecular complexity index is 1260. The van der Waals surface area contributed by atoms with E-state index < -0.39 is 17.0 Å². The quantitative estimate of drug-likeness (QED) is 0.569. The maximum Gasteiger partial charge on any atom is 0.332 e. The van der Waals surface area contributed by atoms with Crippen molar-refractivity contribution in [2.45, 2.75) is 6.54 Å². The van der Waals surface area contributed by atoms with E-state index >= 15 is 0 Å². The van der Waals surface area contributed by atoms with Crippen LogP contribution in [-0.4, -0.2) is 52.5 Å². The van der Waals surface area contributed by atoms with Gasteiger partial charge in [0.2, 0.25) is 0 Å². The number of benzene rings is 2. The zero-order chi connectivity index (χ0) is 23.5. The van der Waals surface area contributed by atoms with Crippen molar-refractivity contribution >= 4 is 17.3 Å². The first-order chi connectivity index (χ1) is 15.8. The van der Waals surface area contributed by atoms with Crippen LogP contribution >= 0.6 is 0 Å². The monoisotopic (exact) mass is 451 g/mol. The molecule has 9 heteroatoms. The molecule has 0 unspecified atom stereocenters. The van der Waals surface area contributed by atoms with Gasteiger partial charge in [0.1, 0.15) is 17.2 Å². The SMILES string of the molecule is Cn1c(=O)c(C(=O)CN2CCN(c3ccc(F)cc3)CC2)c(N)n(Cc2ccccc2)c1=O. The zero-order valence-electron chi connectivity index (χ0n) is 18.4. The minimum absolute atomic E-state index is 0.0280. The molecule has 1 fully saturated rings. The van der Waals surface area contributed by atoms with Gasteiger partial charge in [-0.15, -0.1) is 0 Å². The Morgan fingerprint density at radius 2 is 1.61 bits per heavy atom. The summed E-state index contributed by atoms with van der Waals surface area (Å²) in [4.78, 5) is 42.6. The first-order valence-corrected chi connectivity index (χ1v) is 10.7. The second-order valence-corrected chi connectivity index (χ2v) is 8.14. The number of carbonyl (C=O) groups excluding carboxylic acids is 1. The van der Waals surface area contributed by atoms with Crippen LogP contribution in [0, 0.1) is 5.82 Å². The van der Waals surface area contributed by atoms with Crippen LogP contribution < -0.4 is 21.9 Å². The fourth-order valence-electron chi connectivity index (χ4n) is 4.06. The van der Waals surface area contributed by atoms with Gasteiger partial charge >= 0.3 is 5.69 Å². The van der Waals surface area contributed by atoms with E-state index in [1.807, 2.05) is 35.2 Å². The van der Waals surface area contributed by atoms with Gasteiger partial charge in [0.05, 0.1) is 13.1 Å². The maximum atomic E-state index is 13.2. The van der Waals surface area contributed by atoms with Crippen molar-refractivity contribution in [3.8, 4) is 0 Å². The average Bonchev–Trinajstić information content (AvgIpc) is 2.82. The highest BCUT2D eigenvalue weighted by Gasteiger charge is 2.25. The molecule has 33 heavy (non-hydrogen) atoms. The van der Waals surface area contributed by atoms with Crippen LogP contribution in [0.1, 0.15) is 15.9 Å². The molecule has 2 aromatic carbocycles. The van der Waals surface area contributed by atoms with E-state index in [2.05, 4.69) is 4.90 Å². The molecule has 0 bridgehead atoms. The summed E-state index contributed by atoms with van der Waals surface area (Å²) in [6, 6.07) is 15.6. The predicted octanol–water partition coefficient (Wildman–Crippen LogP) is 1.32. The number of aromatic nitrogens is 2. The summed E-state index contributed by atoms with van der Waals surface area (Å²) < 4.78 is 15.4. The third-order valence-corrected chi connectivity index (χ3v) is 5.98. The van der Waals surface area contributed by atoms with Gasteiger partial charge in [0.15, 0.2) is 5.78 Å². The molecule has 0 atom stereocenters. The highest BCUT2D eigenvalue weighted by atomic mass is 19.1. The lowest BCUT2D eigenvalue weighted by atomic mass is 10.1. The minimum Gasteiger partial charge on any atom is -0.384 e. The standard InChI is InChI=1S/C24H26FN5O3/c1-27-23(32)21(22(26)30(24(27)33)15-17-5-3-2-4-6-17)20(31)16-28-11-13-29(14-12-28)19-9-7-18(25)8-10-19/h2-10H,11-16,26H2,1H3. The number of piperazine rings is 1. The number of anilines is 2. The number of nitrogens with two attached hydrogens (primary N) is 1. The molecule has 1 aliphatic heterocycles. The summed E-state index contributed by atoms with van der Waals surface area (Å²) in [6.07, 6.45) is 0. The van der Waals surface area contributed by atoms with Gasteiger partial charge in [0, 0.05) is 38.9 Å². The van der Waals surface area contributed by atoms with Crippen molar-refractivity contribution < 1.29 is 9.18 Å². The first-order valence-electron chi connectivity index (χ1n) is 10.7. The fraction of sp³-hybridized carbons (Fsp3) is 0.292.